The standard InChI is InChI=1S/C25H19N3O4/c29-23-22(24(30)28(25(31)26-23)16-20-10-5-13-32-20)14-19-9-4-12-27(19)15-18-8-3-7-17-6-1-2-11-21(17)18/h1-14H,15-16H2,(H,26,29,31)/b22-14-. The summed E-state index contributed by atoms with van der Waals surface area (Å²) in [5, 5.41) is 4.52. The van der Waals surface area contributed by atoms with Gasteiger partial charge in [0.2, 0.25) is 0 Å². The zero-order valence-corrected chi connectivity index (χ0v) is 17.0. The molecular weight excluding hydrogens is 406 g/mol. The molecule has 0 atom stereocenters. The van der Waals surface area contributed by atoms with Gasteiger partial charge in [-0.15, -0.1) is 0 Å². The fraction of sp³-hybridized carbons (Fsp3) is 0.0800. The van der Waals surface area contributed by atoms with Gasteiger partial charge in [0.1, 0.15) is 11.3 Å². The SMILES string of the molecule is O=C1NC(=O)N(Cc2ccco2)C(=O)/C1=C\c1cccn1Cc1cccc2ccccc12. The van der Waals surface area contributed by atoms with E-state index in [1.165, 1.54) is 12.3 Å². The van der Waals surface area contributed by atoms with Crippen LogP contribution < -0.4 is 5.32 Å². The number of barbiturate groups is 1. The predicted octanol–water partition coefficient (Wildman–Crippen LogP) is 3.94. The van der Waals surface area contributed by atoms with Crippen molar-refractivity contribution in [1.29, 1.82) is 0 Å². The molecule has 7 heteroatoms. The van der Waals surface area contributed by atoms with Crippen LogP contribution in [0.2, 0.25) is 0 Å². The van der Waals surface area contributed by atoms with Gasteiger partial charge in [0.15, 0.2) is 0 Å². The van der Waals surface area contributed by atoms with Gasteiger partial charge in [-0.1, -0.05) is 42.5 Å². The third kappa shape index (κ3) is 3.60. The van der Waals surface area contributed by atoms with Gasteiger partial charge >= 0.3 is 6.03 Å². The molecule has 1 fully saturated rings. The van der Waals surface area contributed by atoms with E-state index < -0.39 is 17.8 Å². The predicted molar refractivity (Wildman–Crippen MR) is 118 cm³/mol. The number of hydrogen-bond acceptors (Lipinski definition) is 4. The van der Waals surface area contributed by atoms with E-state index in [2.05, 4.69) is 29.6 Å². The van der Waals surface area contributed by atoms with E-state index >= 15 is 0 Å². The number of furan rings is 1. The lowest BCUT2D eigenvalue weighted by molar-refractivity contribution is -0.130. The molecule has 0 aliphatic carbocycles. The Morgan fingerprint density at radius 1 is 0.875 bits per heavy atom. The molecule has 32 heavy (non-hydrogen) atoms. The second-order valence-electron chi connectivity index (χ2n) is 7.49. The first-order valence-corrected chi connectivity index (χ1v) is 10.1. The van der Waals surface area contributed by atoms with Crippen LogP contribution >= 0.6 is 0 Å². The van der Waals surface area contributed by atoms with Crippen LogP contribution in [0.25, 0.3) is 16.8 Å². The van der Waals surface area contributed by atoms with Crippen molar-refractivity contribution in [1.82, 2.24) is 14.8 Å². The molecule has 158 valence electrons. The highest BCUT2D eigenvalue weighted by Crippen LogP contribution is 2.22. The third-order valence-electron chi connectivity index (χ3n) is 5.46. The normalized spacial score (nSPS) is 15.6. The molecule has 1 aliphatic rings. The maximum Gasteiger partial charge on any atom is 0.331 e. The number of carbonyl (C=O) groups is 3. The minimum atomic E-state index is -0.764. The average molecular weight is 425 g/mol. The van der Waals surface area contributed by atoms with E-state index in [1.807, 2.05) is 41.1 Å². The molecule has 1 N–H and O–H groups in total. The van der Waals surface area contributed by atoms with E-state index in [0.29, 0.717) is 18.0 Å². The maximum atomic E-state index is 13.0. The highest BCUT2D eigenvalue weighted by molar-refractivity contribution is 6.30. The molecule has 3 heterocycles. The van der Waals surface area contributed by atoms with Gasteiger partial charge in [-0.3, -0.25) is 19.8 Å². The fourth-order valence-corrected chi connectivity index (χ4v) is 3.86. The molecule has 4 amide bonds. The lowest BCUT2D eigenvalue weighted by atomic mass is 10.0. The van der Waals surface area contributed by atoms with Crippen molar-refractivity contribution in [2.24, 2.45) is 0 Å². The summed E-state index contributed by atoms with van der Waals surface area (Å²) in [7, 11) is 0. The molecule has 4 aromatic rings. The number of rotatable bonds is 5. The summed E-state index contributed by atoms with van der Waals surface area (Å²) in [5.74, 6) is -0.928. The Kier molecular flexibility index (Phi) is 4.91. The van der Waals surface area contributed by atoms with Crippen LogP contribution in [0.5, 0.6) is 0 Å². The molecule has 5 rings (SSSR count). The van der Waals surface area contributed by atoms with Gasteiger partial charge in [-0.25, -0.2) is 4.79 Å². The van der Waals surface area contributed by atoms with E-state index in [0.717, 1.165) is 21.2 Å². The third-order valence-corrected chi connectivity index (χ3v) is 5.46. The zero-order chi connectivity index (χ0) is 22.1. The number of aromatic nitrogens is 1. The average Bonchev–Trinajstić information content (AvgIpc) is 3.46. The number of fused-ring (bicyclic) bond motifs is 1. The number of urea groups is 1. The fourth-order valence-electron chi connectivity index (χ4n) is 3.86. The van der Waals surface area contributed by atoms with Gasteiger partial charge in [0.25, 0.3) is 11.8 Å². The summed E-state index contributed by atoms with van der Waals surface area (Å²) in [6.45, 7) is 0.512. The number of benzene rings is 2. The smallest absolute Gasteiger partial charge is 0.331 e. The first-order valence-electron chi connectivity index (χ1n) is 10.1. The monoisotopic (exact) mass is 425 g/mol. The molecular formula is C25H19N3O4. The molecule has 1 aliphatic heterocycles. The van der Waals surface area contributed by atoms with Crippen LogP contribution in [0, 0.1) is 0 Å². The largest absolute Gasteiger partial charge is 0.467 e. The molecule has 0 saturated carbocycles. The highest BCUT2D eigenvalue weighted by Gasteiger charge is 2.36. The zero-order valence-electron chi connectivity index (χ0n) is 17.0. The Bertz CT molecular complexity index is 1360. The van der Waals surface area contributed by atoms with Crippen molar-refractivity contribution in [2.75, 3.05) is 0 Å². The summed E-state index contributed by atoms with van der Waals surface area (Å²) in [6.07, 6.45) is 4.87. The van der Waals surface area contributed by atoms with Crippen molar-refractivity contribution in [2.45, 2.75) is 13.1 Å². The second-order valence-corrected chi connectivity index (χ2v) is 7.49. The van der Waals surface area contributed by atoms with Gasteiger partial charge in [-0.2, -0.15) is 0 Å². The van der Waals surface area contributed by atoms with E-state index in [4.69, 9.17) is 4.42 Å². The molecule has 0 radical (unpaired) electrons. The van der Waals surface area contributed by atoms with Crippen LogP contribution in [0.4, 0.5) is 4.79 Å². The summed E-state index contributed by atoms with van der Waals surface area (Å²) in [6, 6.07) is 20.5. The van der Waals surface area contributed by atoms with E-state index in [1.54, 1.807) is 12.1 Å². The van der Waals surface area contributed by atoms with Crippen molar-refractivity contribution >= 4 is 34.7 Å². The topological polar surface area (TPSA) is 84.6 Å². The maximum absolute atomic E-state index is 13.0. The van der Waals surface area contributed by atoms with Crippen molar-refractivity contribution in [3.05, 3.63) is 102 Å². The molecule has 7 nitrogen and oxygen atoms in total. The Morgan fingerprint density at radius 2 is 1.72 bits per heavy atom. The Hall–Kier alpha value is -4.39. The Balaban J connectivity index is 1.46. The Labute approximate surface area is 183 Å². The minimum Gasteiger partial charge on any atom is -0.467 e. The number of hydrogen-bond donors (Lipinski definition) is 1. The van der Waals surface area contributed by atoms with E-state index in [9.17, 15) is 14.4 Å². The van der Waals surface area contributed by atoms with Gasteiger partial charge in [-0.05, 0) is 46.7 Å². The molecule has 0 spiro atoms. The summed E-state index contributed by atoms with van der Waals surface area (Å²) in [5.41, 5.74) is 1.70. The summed E-state index contributed by atoms with van der Waals surface area (Å²) in [4.78, 5) is 38.6. The number of amides is 4. The quantitative estimate of drug-likeness (QED) is 0.388. The summed E-state index contributed by atoms with van der Waals surface area (Å²) < 4.78 is 7.20. The minimum absolute atomic E-state index is 0.0562. The number of nitrogens with one attached hydrogen (secondary N) is 1. The van der Waals surface area contributed by atoms with E-state index in [-0.39, 0.29) is 12.1 Å². The van der Waals surface area contributed by atoms with Crippen LogP contribution in [0.1, 0.15) is 17.0 Å². The molecule has 0 bridgehead atoms. The highest BCUT2D eigenvalue weighted by atomic mass is 16.3. The molecule has 2 aromatic carbocycles. The van der Waals surface area contributed by atoms with Crippen molar-refractivity contribution in [3.8, 4) is 0 Å². The first-order chi connectivity index (χ1) is 15.6. The lowest BCUT2D eigenvalue weighted by Gasteiger charge is -2.25. The van der Waals surface area contributed by atoms with Crippen molar-refractivity contribution in [3.63, 3.8) is 0 Å². The lowest BCUT2D eigenvalue weighted by Crippen LogP contribution is -2.53. The van der Waals surface area contributed by atoms with Gasteiger partial charge < -0.3 is 8.98 Å². The van der Waals surface area contributed by atoms with Crippen LogP contribution in [-0.2, 0) is 22.7 Å². The van der Waals surface area contributed by atoms with Gasteiger partial charge in [0.05, 0.1) is 12.8 Å². The Morgan fingerprint density at radius 3 is 2.56 bits per heavy atom. The number of imide groups is 2. The molecule has 1 saturated heterocycles. The number of nitrogens with zero attached hydrogens (tertiary/aromatic N) is 2. The molecule has 0 unspecified atom stereocenters. The van der Waals surface area contributed by atoms with Crippen LogP contribution in [0.15, 0.2) is 89.2 Å². The second kappa shape index (κ2) is 8.03. The van der Waals surface area contributed by atoms with Gasteiger partial charge in [0, 0.05) is 18.4 Å². The molecule has 2 aromatic heterocycles. The van der Waals surface area contributed by atoms with Crippen LogP contribution in [0.3, 0.4) is 0 Å². The van der Waals surface area contributed by atoms with Crippen LogP contribution in [-0.4, -0.2) is 27.3 Å². The van der Waals surface area contributed by atoms with Crippen molar-refractivity contribution < 1.29 is 18.8 Å². The number of carbonyl (C=O) groups excluding carboxylic acids is 3. The first kappa shape index (κ1) is 19.6. The summed E-state index contributed by atoms with van der Waals surface area (Å²) >= 11 is 0.